The zero-order valence-electron chi connectivity index (χ0n) is 12.3. The second-order valence-corrected chi connectivity index (χ2v) is 4.79. The Balaban J connectivity index is 3.40. The highest BCUT2D eigenvalue weighted by Gasteiger charge is 2.14. The van der Waals surface area contributed by atoms with Crippen LogP contribution in [0.4, 0.5) is 0 Å². The number of hydrogen-bond acceptors (Lipinski definition) is 5. The highest BCUT2D eigenvalue weighted by molar-refractivity contribution is 5.69. The summed E-state index contributed by atoms with van der Waals surface area (Å²) in [6.45, 7) is 3.24. The van der Waals surface area contributed by atoms with Crippen molar-refractivity contribution in [2.45, 2.75) is 45.1 Å². The third-order valence-corrected chi connectivity index (χ3v) is 3.10. The van der Waals surface area contributed by atoms with E-state index in [-0.39, 0.29) is 19.1 Å². The number of aliphatic hydroxyl groups excluding tert-OH is 2. The van der Waals surface area contributed by atoms with Gasteiger partial charge in [0.2, 0.25) is 0 Å². The lowest BCUT2D eigenvalue weighted by molar-refractivity contribution is -0.142. The Hall–Kier alpha value is -0.690. The first-order valence-electron chi connectivity index (χ1n) is 7.29. The second-order valence-electron chi connectivity index (χ2n) is 4.79. The monoisotopic (exact) mass is 292 g/mol. The molecule has 0 aromatic heterocycles. The lowest BCUT2D eigenvalue weighted by atomic mass is 9.98. The number of aliphatic hydroxyl groups is 2. The molecule has 0 saturated heterocycles. The summed E-state index contributed by atoms with van der Waals surface area (Å²) in [4.78, 5) is 10.8. The van der Waals surface area contributed by atoms with E-state index in [0.717, 1.165) is 12.8 Å². The minimum absolute atomic E-state index is 0.00226. The van der Waals surface area contributed by atoms with Gasteiger partial charge in [-0.15, -0.1) is 0 Å². The maximum atomic E-state index is 10.8. The van der Waals surface area contributed by atoms with Crippen molar-refractivity contribution in [3.05, 3.63) is 0 Å². The molecule has 20 heavy (non-hydrogen) atoms. The molecule has 0 radical (unpaired) electrons. The molecule has 0 aliphatic rings. The Bertz CT molecular complexity index is 234. The number of unbranched alkanes of at least 4 members (excludes halogenated alkanes) is 1. The van der Waals surface area contributed by atoms with E-state index in [1.54, 1.807) is 0 Å². The molecular weight excluding hydrogens is 264 g/mol. The molecule has 120 valence electrons. The molecule has 3 N–H and O–H groups in total. The summed E-state index contributed by atoms with van der Waals surface area (Å²) in [5.74, 6) is -1.01. The second kappa shape index (κ2) is 13.3. The molecule has 0 aliphatic heterocycles. The van der Waals surface area contributed by atoms with E-state index in [4.69, 9.17) is 19.7 Å². The van der Waals surface area contributed by atoms with Crippen LogP contribution in [0.5, 0.6) is 0 Å². The average Bonchev–Trinajstić information content (AvgIpc) is 2.42. The number of carboxylic acid groups (broad SMARTS) is 1. The van der Waals surface area contributed by atoms with Gasteiger partial charge in [0.15, 0.2) is 0 Å². The van der Waals surface area contributed by atoms with Crippen LogP contribution < -0.4 is 0 Å². The number of carbonyl (C=O) groups is 1. The normalized spacial score (nSPS) is 14.2. The fraction of sp³-hybridized carbons (Fsp3) is 0.929. The molecule has 6 heteroatoms. The fourth-order valence-corrected chi connectivity index (χ4v) is 1.86. The molecule has 0 aliphatic carbocycles. The number of carboxylic acids is 1. The molecule has 0 saturated carbocycles. The van der Waals surface area contributed by atoms with Crippen LogP contribution in [0, 0.1) is 5.92 Å². The van der Waals surface area contributed by atoms with Crippen LogP contribution in [-0.4, -0.2) is 60.4 Å². The molecular formula is C14H28O6. The van der Waals surface area contributed by atoms with Gasteiger partial charge in [-0.05, 0) is 19.3 Å². The van der Waals surface area contributed by atoms with Crippen molar-refractivity contribution in [1.82, 2.24) is 0 Å². The molecule has 2 atom stereocenters. The topological polar surface area (TPSA) is 96.2 Å². The minimum atomic E-state index is -0.737. The molecule has 0 fully saturated rings. The van der Waals surface area contributed by atoms with Crippen LogP contribution in [0.25, 0.3) is 0 Å². The summed E-state index contributed by atoms with van der Waals surface area (Å²) >= 11 is 0. The van der Waals surface area contributed by atoms with Gasteiger partial charge in [0.25, 0.3) is 0 Å². The van der Waals surface area contributed by atoms with E-state index in [0.29, 0.717) is 39.1 Å². The first-order valence-corrected chi connectivity index (χ1v) is 7.29. The maximum absolute atomic E-state index is 10.8. The summed E-state index contributed by atoms with van der Waals surface area (Å²) < 4.78 is 10.2. The SMILES string of the molecule is CCC(CCCCC(O)COCCOCCO)C(=O)O. The third kappa shape index (κ3) is 11.2. The number of rotatable bonds is 14. The summed E-state index contributed by atoms with van der Waals surface area (Å²) in [6, 6.07) is 0. The predicted molar refractivity (Wildman–Crippen MR) is 74.6 cm³/mol. The van der Waals surface area contributed by atoms with Crippen molar-refractivity contribution in [3.63, 3.8) is 0 Å². The van der Waals surface area contributed by atoms with E-state index in [2.05, 4.69) is 0 Å². The van der Waals surface area contributed by atoms with Crippen molar-refractivity contribution in [2.75, 3.05) is 33.0 Å². The third-order valence-electron chi connectivity index (χ3n) is 3.10. The van der Waals surface area contributed by atoms with Crippen molar-refractivity contribution in [3.8, 4) is 0 Å². The van der Waals surface area contributed by atoms with Crippen LogP contribution in [0.3, 0.4) is 0 Å². The molecule has 0 rings (SSSR count). The van der Waals surface area contributed by atoms with Gasteiger partial charge in [-0.25, -0.2) is 0 Å². The van der Waals surface area contributed by atoms with E-state index < -0.39 is 12.1 Å². The van der Waals surface area contributed by atoms with Gasteiger partial charge in [-0.3, -0.25) is 4.79 Å². The Kier molecular flexibility index (Phi) is 12.8. The molecule has 0 aromatic rings. The van der Waals surface area contributed by atoms with Crippen molar-refractivity contribution in [1.29, 1.82) is 0 Å². The predicted octanol–water partition coefficient (Wildman–Crippen LogP) is 1.04. The Morgan fingerprint density at radius 2 is 1.75 bits per heavy atom. The molecule has 0 spiro atoms. The molecule has 0 heterocycles. The van der Waals surface area contributed by atoms with Gasteiger partial charge in [-0.2, -0.15) is 0 Å². The van der Waals surface area contributed by atoms with Crippen LogP contribution in [0.2, 0.25) is 0 Å². The van der Waals surface area contributed by atoms with E-state index in [9.17, 15) is 9.90 Å². The summed E-state index contributed by atoms with van der Waals surface area (Å²) in [6.07, 6.45) is 3.02. The fourth-order valence-electron chi connectivity index (χ4n) is 1.86. The van der Waals surface area contributed by atoms with Crippen molar-refractivity contribution < 1.29 is 29.6 Å². The summed E-state index contributed by atoms with van der Waals surface area (Å²) in [5, 5.41) is 27.0. The lowest BCUT2D eigenvalue weighted by Crippen LogP contribution is -2.18. The van der Waals surface area contributed by atoms with Crippen LogP contribution in [-0.2, 0) is 14.3 Å². The molecule has 0 aromatic carbocycles. The van der Waals surface area contributed by atoms with Gasteiger partial charge < -0.3 is 24.8 Å². The van der Waals surface area contributed by atoms with Crippen molar-refractivity contribution >= 4 is 5.97 Å². The maximum Gasteiger partial charge on any atom is 0.306 e. The largest absolute Gasteiger partial charge is 0.481 e. The number of aliphatic carboxylic acids is 1. The van der Waals surface area contributed by atoms with Gasteiger partial charge in [0, 0.05) is 0 Å². The van der Waals surface area contributed by atoms with Gasteiger partial charge in [0.1, 0.15) is 0 Å². The first-order chi connectivity index (χ1) is 9.61. The quantitative estimate of drug-likeness (QED) is 0.414. The Morgan fingerprint density at radius 1 is 1.10 bits per heavy atom. The van der Waals surface area contributed by atoms with Gasteiger partial charge >= 0.3 is 5.97 Å². The first kappa shape index (κ1) is 19.3. The van der Waals surface area contributed by atoms with Crippen molar-refractivity contribution in [2.24, 2.45) is 5.92 Å². The van der Waals surface area contributed by atoms with Crippen LogP contribution in [0.15, 0.2) is 0 Å². The minimum Gasteiger partial charge on any atom is -0.481 e. The Labute approximate surface area is 120 Å². The summed E-state index contributed by atoms with van der Waals surface area (Å²) in [7, 11) is 0. The Morgan fingerprint density at radius 3 is 2.35 bits per heavy atom. The van der Waals surface area contributed by atoms with E-state index in [1.807, 2.05) is 6.92 Å². The molecule has 0 amide bonds. The van der Waals surface area contributed by atoms with Crippen LogP contribution in [0.1, 0.15) is 39.0 Å². The highest BCUT2D eigenvalue weighted by atomic mass is 16.5. The molecule has 0 bridgehead atoms. The number of hydrogen-bond donors (Lipinski definition) is 3. The van der Waals surface area contributed by atoms with E-state index in [1.165, 1.54) is 0 Å². The average molecular weight is 292 g/mol. The standard InChI is InChI=1S/C14H28O6/c1-2-12(14(17)18)5-3-4-6-13(16)11-20-10-9-19-8-7-15/h12-13,15-16H,2-11H2,1H3,(H,17,18). The van der Waals surface area contributed by atoms with Gasteiger partial charge in [0.05, 0.1) is 45.1 Å². The zero-order chi connectivity index (χ0) is 15.2. The zero-order valence-corrected chi connectivity index (χ0v) is 12.3. The summed E-state index contributed by atoms with van der Waals surface area (Å²) in [5.41, 5.74) is 0. The van der Waals surface area contributed by atoms with Crippen LogP contribution >= 0.6 is 0 Å². The molecule has 2 unspecified atom stereocenters. The smallest absolute Gasteiger partial charge is 0.306 e. The van der Waals surface area contributed by atoms with E-state index >= 15 is 0 Å². The van der Waals surface area contributed by atoms with Gasteiger partial charge in [-0.1, -0.05) is 19.8 Å². The molecule has 6 nitrogen and oxygen atoms in total. The lowest BCUT2D eigenvalue weighted by Gasteiger charge is -2.12. The highest BCUT2D eigenvalue weighted by Crippen LogP contribution is 2.14. The number of ether oxygens (including phenoxy) is 2.